The number of thiophene rings is 1. The standard InChI is InChI=1S/C24H22N2O5S/c1-14(22(27)26-21(23(28)29)20-11-6-12-32-20)25-24(30)31-13-19-17-9-4-2-7-15(17)16-8-3-5-10-18(16)19/h2-12,14,19,21H,13H2,1H3,(H,25,30)(H,26,27)(H,28,29)/t14-,21?/m0/s1. The molecule has 0 radical (unpaired) electrons. The minimum absolute atomic E-state index is 0.0903. The summed E-state index contributed by atoms with van der Waals surface area (Å²) < 4.78 is 5.44. The third kappa shape index (κ3) is 4.36. The van der Waals surface area contributed by atoms with Crippen molar-refractivity contribution in [2.45, 2.75) is 24.9 Å². The zero-order chi connectivity index (χ0) is 22.7. The normalized spacial score (nSPS) is 14.0. The maximum atomic E-state index is 12.4. The molecule has 2 atom stereocenters. The van der Waals surface area contributed by atoms with Gasteiger partial charge in [0.05, 0.1) is 0 Å². The van der Waals surface area contributed by atoms with Crippen LogP contribution in [0.2, 0.25) is 0 Å². The van der Waals surface area contributed by atoms with Crippen molar-refractivity contribution in [1.82, 2.24) is 10.6 Å². The van der Waals surface area contributed by atoms with Gasteiger partial charge in [-0.05, 0) is 40.6 Å². The van der Waals surface area contributed by atoms with E-state index in [1.165, 1.54) is 18.3 Å². The van der Waals surface area contributed by atoms with Gasteiger partial charge in [-0.1, -0.05) is 54.6 Å². The van der Waals surface area contributed by atoms with Gasteiger partial charge in [-0.15, -0.1) is 11.3 Å². The Hall–Kier alpha value is -3.65. The lowest BCUT2D eigenvalue weighted by molar-refractivity contribution is -0.142. The van der Waals surface area contributed by atoms with Gasteiger partial charge in [0, 0.05) is 10.8 Å². The Morgan fingerprint density at radius 1 is 0.969 bits per heavy atom. The molecule has 0 spiro atoms. The van der Waals surface area contributed by atoms with Gasteiger partial charge in [0.25, 0.3) is 0 Å². The van der Waals surface area contributed by atoms with Crippen LogP contribution in [0.4, 0.5) is 4.79 Å². The highest BCUT2D eigenvalue weighted by Crippen LogP contribution is 2.44. The molecule has 0 saturated heterocycles. The van der Waals surface area contributed by atoms with Crippen LogP contribution in [0.25, 0.3) is 11.1 Å². The first-order chi connectivity index (χ1) is 15.5. The van der Waals surface area contributed by atoms with Crippen LogP contribution in [-0.2, 0) is 14.3 Å². The number of nitrogens with one attached hydrogen (secondary N) is 2. The average Bonchev–Trinajstić information content (AvgIpc) is 3.42. The molecule has 164 valence electrons. The van der Waals surface area contributed by atoms with Gasteiger partial charge < -0.3 is 20.5 Å². The first-order valence-electron chi connectivity index (χ1n) is 10.1. The number of carbonyl (C=O) groups excluding carboxylic acids is 2. The third-order valence-corrected chi connectivity index (χ3v) is 6.37. The molecule has 0 aliphatic heterocycles. The summed E-state index contributed by atoms with van der Waals surface area (Å²) in [6.45, 7) is 1.60. The molecule has 3 N–H and O–H groups in total. The van der Waals surface area contributed by atoms with E-state index in [1.807, 2.05) is 48.5 Å². The summed E-state index contributed by atoms with van der Waals surface area (Å²) in [7, 11) is 0. The number of hydrogen-bond acceptors (Lipinski definition) is 5. The van der Waals surface area contributed by atoms with Gasteiger partial charge in [0.15, 0.2) is 6.04 Å². The highest BCUT2D eigenvalue weighted by molar-refractivity contribution is 7.10. The molecule has 32 heavy (non-hydrogen) atoms. The van der Waals surface area contributed by atoms with Crippen LogP contribution in [0.3, 0.4) is 0 Å². The van der Waals surface area contributed by atoms with Crippen LogP contribution >= 0.6 is 11.3 Å². The fraction of sp³-hybridized carbons (Fsp3) is 0.208. The highest BCUT2D eigenvalue weighted by Gasteiger charge is 2.30. The molecule has 0 saturated carbocycles. The monoisotopic (exact) mass is 450 g/mol. The second-order valence-electron chi connectivity index (χ2n) is 7.49. The summed E-state index contributed by atoms with van der Waals surface area (Å²) in [5.41, 5.74) is 4.43. The molecule has 4 rings (SSSR count). The molecular formula is C24H22N2O5S. The van der Waals surface area contributed by atoms with Crippen molar-refractivity contribution >= 4 is 29.3 Å². The lowest BCUT2D eigenvalue weighted by atomic mass is 9.98. The molecule has 2 aromatic carbocycles. The van der Waals surface area contributed by atoms with E-state index in [2.05, 4.69) is 10.6 Å². The summed E-state index contributed by atoms with van der Waals surface area (Å²) in [5.74, 6) is -1.87. The van der Waals surface area contributed by atoms with Crippen LogP contribution in [0.5, 0.6) is 0 Å². The molecule has 1 aliphatic carbocycles. The lowest BCUT2D eigenvalue weighted by Gasteiger charge is -2.19. The van der Waals surface area contributed by atoms with Crippen molar-refractivity contribution in [2.24, 2.45) is 0 Å². The SMILES string of the molecule is C[C@H](NC(=O)OCC1c2ccccc2-c2ccccc21)C(=O)NC(C(=O)O)c1cccs1. The Morgan fingerprint density at radius 2 is 1.59 bits per heavy atom. The maximum absolute atomic E-state index is 12.4. The van der Waals surface area contributed by atoms with Crippen LogP contribution in [0.15, 0.2) is 66.0 Å². The summed E-state index contributed by atoms with van der Waals surface area (Å²) in [6.07, 6.45) is -0.738. The second-order valence-corrected chi connectivity index (χ2v) is 8.47. The number of aliphatic carboxylic acids is 1. The third-order valence-electron chi connectivity index (χ3n) is 5.43. The van der Waals surface area contributed by atoms with Gasteiger partial charge in [0.2, 0.25) is 5.91 Å². The first kappa shape index (κ1) is 21.6. The van der Waals surface area contributed by atoms with Crippen molar-refractivity contribution in [3.8, 4) is 11.1 Å². The van der Waals surface area contributed by atoms with E-state index < -0.39 is 30.1 Å². The molecule has 8 heteroatoms. The fourth-order valence-corrected chi connectivity index (χ4v) is 4.63. The quantitative estimate of drug-likeness (QED) is 0.506. The minimum Gasteiger partial charge on any atom is -0.479 e. The predicted molar refractivity (Wildman–Crippen MR) is 121 cm³/mol. The van der Waals surface area contributed by atoms with Crippen molar-refractivity contribution in [1.29, 1.82) is 0 Å². The molecule has 0 bridgehead atoms. The number of hydrogen-bond donors (Lipinski definition) is 3. The molecule has 1 aromatic heterocycles. The van der Waals surface area contributed by atoms with Gasteiger partial charge in [-0.3, -0.25) is 4.79 Å². The molecule has 1 heterocycles. The number of amides is 2. The smallest absolute Gasteiger partial charge is 0.407 e. The maximum Gasteiger partial charge on any atom is 0.407 e. The molecule has 0 fully saturated rings. The molecule has 2 amide bonds. The summed E-state index contributed by atoms with van der Waals surface area (Å²) in [6, 6.07) is 17.2. The van der Waals surface area contributed by atoms with E-state index in [-0.39, 0.29) is 12.5 Å². The van der Waals surface area contributed by atoms with Crippen molar-refractivity contribution in [3.05, 3.63) is 82.0 Å². The minimum atomic E-state index is -1.17. The number of alkyl carbamates (subject to hydrolysis) is 1. The number of fused-ring (bicyclic) bond motifs is 3. The van der Waals surface area contributed by atoms with E-state index in [0.29, 0.717) is 4.88 Å². The van der Waals surface area contributed by atoms with Crippen molar-refractivity contribution < 1.29 is 24.2 Å². The molecule has 1 aliphatic rings. The number of carboxylic acids is 1. The first-order valence-corrected chi connectivity index (χ1v) is 11.0. The van der Waals surface area contributed by atoms with Crippen LogP contribution < -0.4 is 10.6 Å². The summed E-state index contributed by atoms with van der Waals surface area (Å²) in [5, 5.41) is 16.1. The summed E-state index contributed by atoms with van der Waals surface area (Å²) >= 11 is 1.23. The van der Waals surface area contributed by atoms with Crippen LogP contribution in [-0.4, -0.2) is 35.7 Å². The Morgan fingerprint density at radius 3 is 2.16 bits per heavy atom. The highest BCUT2D eigenvalue weighted by atomic mass is 32.1. The molecule has 7 nitrogen and oxygen atoms in total. The summed E-state index contributed by atoms with van der Waals surface area (Å²) in [4.78, 5) is 36.8. The van der Waals surface area contributed by atoms with Crippen molar-refractivity contribution in [2.75, 3.05) is 6.61 Å². The van der Waals surface area contributed by atoms with E-state index in [9.17, 15) is 19.5 Å². The Kier molecular flexibility index (Phi) is 6.23. The number of rotatable bonds is 7. The van der Waals surface area contributed by atoms with Crippen molar-refractivity contribution in [3.63, 3.8) is 0 Å². The number of ether oxygens (including phenoxy) is 1. The van der Waals surface area contributed by atoms with Gasteiger partial charge in [0.1, 0.15) is 12.6 Å². The number of carbonyl (C=O) groups is 3. The largest absolute Gasteiger partial charge is 0.479 e. The molecular weight excluding hydrogens is 428 g/mol. The number of carboxylic acid groups (broad SMARTS) is 1. The Balaban J connectivity index is 1.36. The van der Waals surface area contributed by atoms with E-state index in [0.717, 1.165) is 22.3 Å². The van der Waals surface area contributed by atoms with Gasteiger partial charge in [-0.2, -0.15) is 0 Å². The zero-order valence-electron chi connectivity index (χ0n) is 17.3. The van der Waals surface area contributed by atoms with E-state index >= 15 is 0 Å². The van der Waals surface area contributed by atoms with Gasteiger partial charge in [-0.25, -0.2) is 9.59 Å². The Bertz CT molecular complexity index is 1100. The Labute approximate surface area is 189 Å². The predicted octanol–water partition coefficient (Wildman–Crippen LogP) is 3.92. The lowest BCUT2D eigenvalue weighted by Crippen LogP contribution is -2.47. The second kappa shape index (κ2) is 9.23. The zero-order valence-corrected chi connectivity index (χ0v) is 18.1. The average molecular weight is 451 g/mol. The van der Waals surface area contributed by atoms with Gasteiger partial charge >= 0.3 is 12.1 Å². The van der Waals surface area contributed by atoms with E-state index in [1.54, 1.807) is 17.5 Å². The fourth-order valence-electron chi connectivity index (χ4n) is 3.86. The van der Waals surface area contributed by atoms with Crippen LogP contribution in [0, 0.1) is 0 Å². The topological polar surface area (TPSA) is 105 Å². The number of benzene rings is 2. The van der Waals surface area contributed by atoms with Crippen LogP contribution in [0.1, 0.15) is 34.9 Å². The van der Waals surface area contributed by atoms with E-state index in [4.69, 9.17) is 4.74 Å². The molecule has 1 unspecified atom stereocenters. The molecule has 3 aromatic rings.